The van der Waals surface area contributed by atoms with E-state index in [0.29, 0.717) is 40.0 Å². The minimum absolute atomic E-state index is 0.00297. The Morgan fingerprint density at radius 1 is 0.976 bits per heavy atom. The molecule has 2 amide bonds. The molecule has 0 spiro atoms. The van der Waals surface area contributed by atoms with E-state index in [-0.39, 0.29) is 28.0 Å². The lowest BCUT2D eigenvalue weighted by atomic mass is 10.1. The SMILES string of the molecule is Cc1cc(C)nc(NS(=O)(=O)c2ccc(NC(=O)c3ccc([C@H]4SCC(=O)N4Cc4ccc(Cl)cc4)cc3)cc2)n1. The van der Waals surface area contributed by atoms with Crippen LogP contribution in [0.5, 0.6) is 0 Å². The van der Waals surface area contributed by atoms with Gasteiger partial charge in [-0.05, 0) is 79.6 Å². The van der Waals surface area contributed by atoms with E-state index < -0.39 is 10.0 Å². The molecule has 0 saturated carbocycles. The van der Waals surface area contributed by atoms with Crippen molar-refractivity contribution >= 4 is 56.8 Å². The van der Waals surface area contributed by atoms with Gasteiger partial charge in [-0.1, -0.05) is 35.9 Å². The van der Waals surface area contributed by atoms with Gasteiger partial charge in [-0.3, -0.25) is 9.59 Å². The van der Waals surface area contributed by atoms with E-state index in [4.69, 9.17) is 11.6 Å². The number of sulfonamides is 1. The average molecular weight is 608 g/mol. The maximum Gasteiger partial charge on any atom is 0.264 e. The molecule has 41 heavy (non-hydrogen) atoms. The van der Waals surface area contributed by atoms with E-state index in [1.165, 1.54) is 24.3 Å². The fraction of sp³-hybridized carbons (Fsp3) is 0.172. The number of benzene rings is 3. The van der Waals surface area contributed by atoms with Crippen LogP contribution in [0.3, 0.4) is 0 Å². The lowest BCUT2D eigenvalue weighted by Gasteiger charge is -2.24. The lowest BCUT2D eigenvalue weighted by Crippen LogP contribution is -2.27. The van der Waals surface area contributed by atoms with Crippen molar-refractivity contribution in [2.45, 2.75) is 30.7 Å². The Morgan fingerprint density at radius 3 is 2.24 bits per heavy atom. The second-order valence-electron chi connectivity index (χ2n) is 9.49. The summed E-state index contributed by atoms with van der Waals surface area (Å²) in [5.74, 6) is 0.0946. The second kappa shape index (κ2) is 11.9. The van der Waals surface area contributed by atoms with Crippen molar-refractivity contribution in [3.8, 4) is 0 Å². The van der Waals surface area contributed by atoms with E-state index in [2.05, 4.69) is 20.0 Å². The summed E-state index contributed by atoms with van der Waals surface area (Å²) in [4.78, 5) is 35.5. The number of rotatable bonds is 8. The van der Waals surface area contributed by atoms with E-state index in [1.54, 1.807) is 55.9 Å². The summed E-state index contributed by atoms with van der Waals surface area (Å²) in [5, 5.41) is 3.27. The van der Waals surface area contributed by atoms with Crippen molar-refractivity contribution in [3.63, 3.8) is 0 Å². The Hall–Kier alpha value is -3.93. The van der Waals surface area contributed by atoms with Crippen LogP contribution in [0.25, 0.3) is 0 Å². The monoisotopic (exact) mass is 607 g/mol. The molecule has 5 rings (SSSR count). The van der Waals surface area contributed by atoms with Gasteiger partial charge < -0.3 is 10.2 Å². The third kappa shape index (κ3) is 6.87. The zero-order chi connectivity index (χ0) is 29.1. The van der Waals surface area contributed by atoms with Gasteiger partial charge in [-0.2, -0.15) is 0 Å². The minimum Gasteiger partial charge on any atom is -0.322 e. The molecule has 0 radical (unpaired) electrons. The van der Waals surface area contributed by atoms with Crippen molar-refractivity contribution in [1.29, 1.82) is 0 Å². The highest BCUT2D eigenvalue weighted by atomic mass is 35.5. The van der Waals surface area contributed by atoms with Crippen molar-refractivity contribution < 1.29 is 18.0 Å². The second-order valence-corrected chi connectivity index (χ2v) is 12.7. The highest BCUT2D eigenvalue weighted by molar-refractivity contribution is 8.00. The number of hydrogen-bond acceptors (Lipinski definition) is 7. The smallest absolute Gasteiger partial charge is 0.264 e. The van der Waals surface area contributed by atoms with Crippen molar-refractivity contribution in [2.75, 3.05) is 15.8 Å². The molecule has 2 heterocycles. The van der Waals surface area contributed by atoms with Crippen LogP contribution in [0.1, 0.15) is 38.2 Å². The Bertz CT molecular complexity index is 1680. The molecule has 1 atom stereocenters. The summed E-state index contributed by atoms with van der Waals surface area (Å²) in [6.45, 7) is 3.97. The van der Waals surface area contributed by atoms with Crippen molar-refractivity contribution in [2.24, 2.45) is 0 Å². The van der Waals surface area contributed by atoms with Crippen molar-refractivity contribution in [1.82, 2.24) is 14.9 Å². The molecule has 210 valence electrons. The predicted octanol–water partition coefficient (Wildman–Crippen LogP) is 5.57. The number of aryl methyl sites for hydroxylation is 2. The van der Waals surface area contributed by atoms with Crippen LogP contribution in [0.4, 0.5) is 11.6 Å². The van der Waals surface area contributed by atoms with Crippen LogP contribution in [-0.4, -0.2) is 40.9 Å². The maximum absolute atomic E-state index is 12.9. The zero-order valence-corrected chi connectivity index (χ0v) is 24.6. The Labute approximate surface area is 247 Å². The molecule has 1 aliphatic heterocycles. The number of nitrogens with zero attached hydrogens (tertiary/aromatic N) is 3. The molecular weight excluding hydrogens is 582 g/mol. The minimum atomic E-state index is -3.91. The molecule has 9 nitrogen and oxygen atoms in total. The quantitative estimate of drug-likeness (QED) is 0.268. The summed E-state index contributed by atoms with van der Waals surface area (Å²) in [6, 6.07) is 22.1. The number of amides is 2. The highest BCUT2D eigenvalue weighted by Gasteiger charge is 2.32. The summed E-state index contributed by atoms with van der Waals surface area (Å²) in [6.07, 6.45) is 0. The average Bonchev–Trinajstić information content (AvgIpc) is 3.29. The molecule has 12 heteroatoms. The Kier molecular flexibility index (Phi) is 8.30. The lowest BCUT2D eigenvalue weighted by molar-refractivity contribution is -0.128. The van der Waals surface area contributed by atoms with E-state index >= 15 is 0 Å². The van der Waals surface area contributed by atoms with Crippen LogP contribution in [0, 0.1) is 13.8 Å². The molecule has 1 saturated heterocycles. The molecule has 1 fully saturated rings. The molecule has 0 bridgehead atoms. The maximum atomic E-state index is 12.9. The normalized spacial score (nSPS) is 15.1. The first kappa shape index (κ1) is 28.6. The summed E-state index contributed by atoms with van der Waals surface area (Å²) < 4.78 is 27.9. The molecular formula is C29H26ClN5O4S2. The van der Waals surface area contributed by atoms with E-state index in [0.717, 1.165) is 11.1 Å². The first-order valence-corrected chi connectivity index (χ1v) is 15.5. The topological polar surface area (TPSA) is 121 Å². The molecule has 1 aliphatic rings. The largest absolute Gasteiger partial charge is 0.322 e. The number of aromatic nitrogens is 2. The Morgan fingerprint density at radius 2 is 1.61 bits per heavy atom. The number of carbonyl (C=O) groups excluding carboxylic acids is 2. The van der Waals surface area contributed by atoms with Gasteiger partial charge in [0, 0.05) is 34.2 Å². The number of anilines is 2. The molecule has 0 unspecified atom stereocenters. The number of carbonyl (C=O) groups is 2. The van der Waals surface area contributed by atoms with Gasteiger partial charge in [0.1, 0.15) is 5.37 Å². The van der Waals surface area contributed by atoms with Gasteiger partial charge in [-0.15, -0.1) is 11.8 Å². The first-order chi connectivity index (χ1) is 19.6. The van der Waals surface area contributed by atoms with Crippen LogP contribution >= 0.6 is 23.4 Å². The summed E-state index contributed by atoms with van der Waals surface area (Å²) >= 11 is 7.53. The molecule has 4 aromatic rings. The zero-order valence-electron chi connectivity index (χ0n) is 22.2. The van der Waals surface area contributed by atoms with Crippen LogP contribution < -0.4 is 10.0 Å². The third-order valence-corrected chi connectivity index (χ3v) is 9.17. The highest BCUT2D eigenvalue weighted by Crippen LogP contribution is 2.39. The van der Waals surface area contributed by atoms with E-state index in [9.17, 15) is 18.0 Å². The number of halogens is 1. The van der Waals surface area contributed by atoms with Gasteiger partial charge in [0.15, 0.2) is 0 Å². The van der Waals surface area contributed by atoms with Crippen LogP contribution in [0.2, 0.25) is 5.02 Å². The first-order valence-electron chi connectivity index (χ1n) is 12.6. The fourth-order valence-electron chi connectivity index (χ4n) is 4.36. The van der Waals surface area contributed by atoms with E-state index in [1.807, 2.05) is 29.2 Å². The van der Waals surface area contributed by atoms with Gasteiger partial charge >= 0.3 is 0 Å². The van der Waals surface area contributed by atoms with Gasteiger partial charge in [-0.25, -0.2) is 23.1 Å². The summed E-state index contributed by atoms with van der Waals surface area (Å²) in [7, 11) is -3.91. The third-order valence-electron chi connectivity index (χ3n) is 6.32. The van der Waals surface area contributed by atoms with Gasteiger partial charge in [0.2, 0.25) is 11.9 Å². The molecule has 2 N–H and O–H groups in total. The van der Waals surface area contributed by atoms with Crippen LogP contribution in [-0.2, 0) is 21.4 Å². The van der Waals surface area contributed by atoms with Crippen molar-refractivity contribution in [3.05, 3.63) is 112 Å². The molecule has 1 aromatic heterocycles. The summed E-state index contributed by atoms with van der Waals surface area (Å²) in [5.41, 5.74) is 4.06. The predicted molar refractivity (Wildman–Crippen MR) is 160 cm³/mol. The number of thioether (sulfide) groups is 1. The standard InChI is InChI=1S/C29H26ClN5O4S2/c1-18-15-19(2)32-29(31-18)34-41(38,39)25-13-11-24(12-14-25)33-27(37)21-5-7-22(8-6-21)28-35(26(36)17-40-28)16-20-3-9-23(30)10-4-20/h3-15,28H,16-17H2,1-2H3,(H,33,37)(H,31,32,34)/t28-/m1/s1. The number of nitrogens with one attached hydrogen (secondary N) is 2. The number of hydrogen-bond donors (Lipinski definition) is 2. The Balaban J connectivity index is 1.23. The van der Waals surface area contributed by atoms with Crippen LogP contribution in [0.15, 0.2) is 83.8 Å². The van der Waals surface area contributed by atoms with Gasteiger partial charge in [0.05, 0.1) is 10.6 Å². The molecule has 3 aromatic carbocycles. The van der Waals surface area contributed by atoms with Gasteiger partial charge in [0.25, 0.3) is 15.9 Å². The molecule has 0 aliphatic carbocycles. The fourth-order valence-corrected chi connectivity index (χ4v) is 6.62.